The average molecular weight is 430 g/mol. The third kappa shape index (κ3) is 3.69. The second kappa shape index (κ2) is 7.82. The van der Waals surface area contributed by atoms with Crippen molar-refractivity contribution < 1.29 is 35.3 Å². The standard InChI is InChI=1S/C20H12F6O2S/c1-11(27)28-29(14-5-3-2-4-6-14,19-15(23)7-12(21)8-16(19)24)20-17(25)9-13(22)10-18(20)26/h2-10H,1H3. The monoisotopic (exact) mass is 430 g/mol. The Balaban J connectivity index is 2.56. The molecule has 0 amide bonds. The van der Waals surface area contributed by atoms with Crippen LogP contribution in [-0.4, -0.2) is 5.97 Å². The molecule has 0 N–H and O–H groups in total. The summed E-state index contributed by atoms with van der Waals surface area (Å²) < 4.78 is 91.4. The van der Waals surface area contributed by atoms with Gasteiger partial charge in [-0.05, 0) is 12.1 Å². The smallest absolute Gasteiger partial charge is 0.313 e. The minimum atomic E-state index is -4.07. The largest absolute Gasteiger partial charge is 0.402 e. The zero-order chi connectivity index (χ0) is 21.3. The van der Waals surface area contributed by atoms with Gasteiger partial charge in [-0.15, -0.1) is 0 Å². The first-order valence-corrected chi connectivity index (χ1v) is 9.60. The van der Waals surface area contributed by atoms with Crippen molar-refractivity contribution in [2.24, 2.45) is 0 Å². The summed E-state index contributed by atoms with van der Waals surface area (Å²) in [6.07, 6.45) is 0. The topological polar surface area (TPSA) is 26.3 Å². The minimum Gasteiger partial charge on any atom is -0.402 e. The number of carbonyl (C=O) groups excluding carboxylic acids is 1. The summed E-state index contributed by atoms with van der Waals surface area (Å²) in [6, 6.07) is 7.95. The molecule has 0 fully saturated rings. The van der Waals surface area contributed by atoms with Gasteiger partial charge in [-0.2, -0.15) is 0 Å². The number of hydrogen-bond acceptors (Lipinski definition) is 2. The number of halogens is 6. The first kappa shape index (κ1) is 20.8. The van der Waals surface area contributed by atoms with Crippen LogP contribution in [0.15, 0.2) is 69.3 Å². The fourth-order valence-electron chi connectivity index (χ4n) is 2.86. The molecule has 2 nitrogen and oxygen atoms in total. The van der Waals surface area contributed by atoms with Gasteiger partial charge in [-0.25, -0.2) is 26.3 Å². The second-order valence-corrected chi connectivity index (χ2v) is 8.41. The number of rotatable bonds is 4. The van der Waals surface area contributed by atoms with Gasteiger partial charge in [0.15, 0.2) is 0 Å². The summed E-state index contributed by atoms with van der Waals surface area (Å²) in [5.41, 5.74) is 0. The number of benzene rings is 3. The molecule has 3 rings (SSSR count). The van der Waals surface area contributed by atoms with Crippen molar-refractivity contribution in [3.63, 3.8) is 0 Å². The SMILES string of the molecule is CC(=O)OS(c1ccccc1)(c1c(F)cc(F)cc1F)c1c(F)cc(F)cc1F. The van der Waals surface area contributed by atoms with Crippen LogP contribution in [0.25, 0.3) is 0 Å². The average Bonchev–Trinajstić information content (AvgIpc) is 2.59. The molecular weight excluding hydrogens is 418 g/mol. The molecule has 3 aromatic carbocycles. The Hall–Kier alpha value is -2.94. The highest BCUT2D eigenvalue weighted by Gasteiger charge is 2.44. The predicted octanol–water partition coefficient (Wildman–Crippen LogP) is 6.28. The van der Waals surface area contributed by atoms with E-state index in [1.807, 2.05) is 0 Å². The molecule has 3 aromatic rings. The van der Waals surface area contributed by atoms with Crippen LogP contribution in [0.2, 0.25) is 0 Å². The highest BCUT2D eigenvalue weighted by Crippen LogP contribution is 2.71. The maximum Gasteiger partial charge on any atom is 0.313 e. The summed E-state index contributed by atoms with van der Waals surface area (Å²) >= 11 is 0. The molecule has 0 aliphatic heterocycles. The Morgan fingerprint density at radius 2 is 1.10 bits per heavy atom. The maximum atomic E-state index is 14.8. The van der Waals surface area contributed by atoms with E-state index in [1.165, 1.54) is 30.3 Å². The third-order valence-electron chi connectivity index (χ3n) is 3.82. The van der Waals surface area contributed by atoms with Crippen LogP contribution in [0.3, 0.4) is 0 Å². The van der Waals surface area contributed by atoms with Gasteiger partial charge in [-0.3, -0.25) is 4.79 Å². The normalized spacial score (nSPS) is 12.0. The van der Waals surface area contributed by atoms with Crippen LogP contribution >= 0.6 is 10.3 Å². The van der Waals surface area contributed by atoms with Crippen molar-refractivity contribution in [2.75, 3.05) is 0 Å². The molecule has 0 aliphatic rings. The molecule has 0 aliphatic carbocycles. The van der Waals surface area contributed by atoms with Crippen LogP contribution in [0.1, 0.15) is 6.92 Å². The van der Waals surface area contributed by atoms with Gasteiger partial charge in [-0.1, -0.05) is 18.2 Å². The summed E-state index contributed by atoms with van der Waals surface area (Å²) in [6.45, 7) is 0.878. The molecule has 0 unspecified atom stereocenters. The van der Waals surface area contributed by atoms with Gasteiger partial charge in [0.25, 0.3) is 0 Å². The highest BCUT2D eigenvalue weighted by atomic mass is 32.3. The zero-order valence-corrected chi connectivity index (χ0v) is 15.5. The molecule has 29 heavy (non-hydrogen) atoms. The Kier molecular flexibility index (Phi) is 5.61. The Morgan fingerprint density at radius 3 is 1.45 bits per heavy atom. The quantitative estimate of drug-likeness (QED) is 0.456. The van der Waals surface area contributed by atoms with Crippen molar-refractivity contribution >= 4 is 16.3 Å². The van der Waals surface area contributed by atoms with Crippen molar-refractivity contribution in [2.45, 2.75) is 21.6 Å². The fourth-order valence-corrected chi connectivity index (χ4v) is 6.03. The molecule has 152 valence electrons. The lowest BCUT2D eigenvalue weighted by Gasteiger charge is -2.39. The van der Waals surface area contributed by atoms with Crippen molar-refractivity contribution in [1.82, 2.24) is 0 Å². The number of carbonyl (C=O) groups is 1. The molecule has 0 atom stereocenters. The number of hydrogen-bond donors (Lipinski definition) is 0. The molecule has 0 aromatic heterocycles. The van der Waals surface area contributed by atoms with E-state index >= 15 is 0 Å². The third-order valence-corrected chi connectivity index (χ3v) is 7.17. The Morgan fingerprint density at radius 1 is 0.724 bits per heavy atom. The summed E-state index contributed by atoms with van der Waals surface area (Å²) in [5.74, 6) is -9.77. The van der Waals surface area contributed by atoms with Crippen LogP contribution < -0.4 is 0 Å². The summed E-state index contributed by atoms with van der Waals surface area (Å²) in [7, 11) is -4.07. The minimum absolute atomic E-state index is 0.163. The van der Waals surface area contributed by atoms with Crippen LogP contribution in [0.5, 0.6) is 0 Å². The van der Waals surface area contributed by atoms with Crippen LogP contribution in [-0.2, 0) is 8.98 Å². The van der Waals surface area contributed by atoms with E-state index in [4.69, 9.17) is 4.18 Å². The van der Waals surface area contributed by atoms with Crippen LogP contribution in [0.4, 0.5) is 26.3 Å². The van der Waals surface area contributed by atoms with Crippen LogP contribution in [0, 0.1) is 34.9 Å². The van der Waals surface area contributed by atoms with E-state index in [1.54, 1.807) is 0 Å². The second-order valence-electron chi connectivity index (χ2n) is 5.84. The van der Waals surface area contributed by atoms with Crippen molar-refractivity contribution in [3.05, 3.63) is 89.5 Å². The van der Waals surface area contributed by atoms with Gasteiger partial charge in [0.1, 0.15) is 44.7 Å². The van der Waals surface area contributed by atoms with Gasteiger partial charge in [0.2, 0.25) is 0 Å². The molecule has 0 spiro atoms. The van der Waals surface area contributed by atoms with E-state index in [-0.39, 0.29) is 4.90 Å². The van der Waals surface area contributed by atoms with Crippen molar-refractivity contribution in [3.8, 4) is 0 Å². The van der Waals surface area contributed by atoms with E-state index in [9.17, 15) is 31.1 Å². The Bertz CT molecular complexity index is 984. The fraction of sp³-hybridized carbons (Fsp3) is 0.0500. The van der Waals surface area contributed by atoms with Gasteiger partial charge in [0, 0.05) is 46.4 Å². The van der Waals surface area contributed by atoms with Gasteiger partial charge in [0.05, 0.1) is 0 Å². The Labute approximate surface area is 163 Å². The maximum absolute atomic E-state index is 14.8. The van der Waals surface area contributed by atoms with Gasteiger partial charge < -0.3 is 4.18 Å². The van der Waals surface area contributed by atoms with E-state index in [0.717, 1.165) is 6.92 Å². The molecule has 9 heteroatoms. The van der Waals surface area contributed by atoms with Gasteiger partial charge >= 0.3 is 5.97 Å². The molecule has 0 bridgehead atoms. The zero-order valence-electron chi connectivity index (χ0n) is 14.7. The molecule has 0 heterocycles. The summed E-state index contributed by atoms with van der Waals surface area (Å²) in [4.78, 5) is 9.65. The lowest BCUT2D eigenvalue weighted by Crippen LogP contribution is -2.17. The van der Waals surface area contributed by atoms with E-state index in [2.05, 4.69) is 0 Å². The van der Waals surface area contributed by atoms with Crippen molar-refractivity contribution in [1.29, 1.82) is 0 Å². The first-order chi connectivity index (χ1) is 13.7. The first-order valence-electron chi connectivity index (χ1n) is 8.04. The molecule has 0 saturated carbocycles. The lowest BCUT2D eigenvalue weighted by molar-refractivity contribution is -0.131. The van der Waals surface area contributed by atoms with E-state index in [0.29, 0.717) is 24.3 Å². The predicted molar refractivity (Wildman–Crippen MR) is 93.2 cm³/mol. The molecular formula is C20H12F6O2S. The molecule has 0 radical (unpaired) electrons. The van der Waals surface area contributed by atoms with E-state index < -0.39 is 61.0 Å². The molecule has 0 saturated heterocycles. The highest BCUT2D eigenvalue weighted by molar-refractivity contribution is 8.30. The summed E-state index contributed by atoms with van der Waals surface area (Å²) in [5, 5.41) is 0. The lowest BCUT2D eigenvalue weighted by atomic mass is 10.3.